The number of methoxy groups -OCH3 is 1. The van der Waals surface area contributed by atoms with Crippen molar-refractivity contribution in [2.45, 2.75) is 0 Å². The van der Waals surface area contributed by atoms with Gasteiger partial charge < -0.3 is 18.9 Å². The number of ether oxygens (including phenoxy) is 4. The van der Waals surface area contributed by atoms with Crippen molar-refractivity contribution in [1.82, 2.24) is 4.98 Å². The Morgan fingerprint density at radius 1 is 0.969 bits per heavy atom. The number of rotatable bonds is 9. The summed E-state index contributed by atoms with van der Waals surface area (Å²) in [7, 11) is -1.23. The van der Waals surface area contributed by atoms with Crippen LogP contribution in [0.15, 0.2) is 71.2 Å². The first-order valence-corrected chi connectivity index (χ1v) is 10.3. The molecule has 10 nitrogen and oxygen atoms in total. The van der Waals surface area contributed by atoms with Gasteiger partial charge in [0.05, 0.1) is 7.11 Å². The van der Waals surface area contributed by atoms with E-state index >= 15 is 0 Å². The number of amides is 1. The van der Waals surface area contributed by atoms with Crippen molar-refractivity contribution >= 4 is 28.1 Å². The van der Waals surface area contributed by atoms with Gasteiger partial charge in [-0.2, -0.15) is 8.42 Å². The standard InChI is InChI=1S/C21H19N3O7S/c1-28-16-8-2-3-9-17(16)31-20-15(24-32(26)27)7-6-10-18(20)29-13-14-30-21(25)23-19-11-4-5-12-22-19/h2-12H,13-14H2,1H3,(H,22,23,25). The molecule has 1 aromatic heterocycles. The van der Waals surface area contributed by atoms with Gasteiger partial charge in [-0.25, -0.2) is 9.78 Å². The summed E-state index contributed by atoms with van der Waals surface area (Å²) < 4.78 is 47.7. The summed E-state index contributed by atoms with van der Waals surface area (Å²) in [5.41, 5.74) is 0.0375. The van der Waals surface area contributed by atoms with Crippen LogP contribution in [0.1, 0.15) is 0 Å². The van der Waals surface area contributed by atoms with Crippen molar-refractivity contribution in [2.75, 3.05) is 25.6 Å². The van der Waals surface area contributed by atoms with Gasteiger partial charge in [0, 0.05) is 6.20 Å². The van der Waals surface area contributed by atoms with Crippen molar-refractivity contribution in [2.24, 2.45) is 4.36 Å². The second-order valence-electron chi connectivity index (χ2n) is 5.99. The van der Waals surface area contributed by atoms with Gasteiger partial charge in [-0.15, -0.1) is 4.36 Å². The first-order chi connectivity index (χ1) is 15.6. The van der Waals surface area contributed by atoms with Crippen LogP contribution < -0.4 is 19.5 Å². The lowest BCUT2D eigenvalue weighted by Crippen LogP contribution is -2.18. The van der Waals surface area contributed by atoms with E-state index in [-0.39, 0.29) is 30.4 Å². The van der Waals surface area contributed by atoms with Crippen LogP contribution in [-0.2, 0) is 15.2 Å². The van der Waals surface area contributed by atoms with E-state index in [1.54, 1.807) is 54.6 Å². The normalized spacial score (nSPS) is 10.0. The minimum atomic E-state index is -2.71. The lowest BCUT2D eigenvalue weighted by molar-refractivity contribution is 0.137. The van der Waals surface area contributed by atoms with E-state index in [2.05, 4.69) is 14.7 Å². The molecule has 0 aliphatic heterocycles. The van der Waals surface area contributed by atoms with Gasteiger partial charge in [0.1, 0.15) is 24.7 Å². The third kappa shape index (κ3) is 6.44. The van der Waals surface area contributed by atoms with Crippen LogP contribution in [0, 0.1) is 0 Å². The highest BCUT2D eigenvalue weighted by molar-refractivity contribution is 7.61. The molecule has 0 spiro atoms. The fourth-order valence-electron chi connectivity index (χ4n) is 2.55. The van der Waals surface area contributed by atoms with E-state index < -0.39 is 16.6 Å². The largest absolute Gasteiger partial charge is 0.493 e. The molecule has 0 fully saturated rings. The maximum Gasteiger partial charge on any atom is 0.412 e. The number of carbonyl (C=O) groups is 1. The van der Waals surface area contributed by atoms with E-state index in [1.165, 1.54) is 19.4 Å². The van der Waals surface area contributed by atoms with Crippen molar-refractivity contribution in [3.8, 4) is 23.0 Å². The molecule has 3 rings (SSSR count). The highest BCUT2D eigenvalue weighted by Crippen LogP contribution is 2.42. The van der Waals surface area contributed by atoms with E-state index in [9.17, 15) is 13.2 Å². The predicted octanol–water partition coefficient (Wildman–Crippen LogP) is 4.20. The smallest absolute Gasteiger partial charge is 0.412 e. The SMILES string of the molecule is COc1ccccc1Oc1c(N=S(=O)=O)cccc1OCCOC(=O)Nc1ccccn1. The van der Waals surface area contributed by atoms with E-state index in [0.717, 1.165) is 0 Å². The van der Waals surface area contributed by atoms with Crippen molar-refractivity contribution < 1.29 is 32.2 Å². The Labute approximate surface area is 185 Å². The van der Waals surface area contributed by atoms with Gasteiger partial charge in [-0.1, -0.05) is 24.3 Å². The second kappa shape index (κ2) is 11.3. The summed E-state index contributed by atoms with van der Waals surface area (Å²) in [4.78, 5) is 15.8. The quantitative estimate of drug-likeness (QED) is 0.474. The van der Waals surface area contributed by atoms with Crippen LogP contribution >= 0.6 is 0 Å². The summed E-state index contributed by atoms with van der Waals surface area (Å²) in [5, 5.41) is 2.48. The van der Waals surface area contributed by atoms with Crippen LogP contribution in [0.5, 0.6) is 23.0 Å². The van der Waals surface area contributed by atoms with Gasteiger partial charge in [0.15, 0.2) is 23.0 Å². The second-order valence-corrected chi connectivity index (χ2v) is 6.61. The molecule has 0 saturated carbocycles. The molecule has 0 unspecified atom stereocenters. The molecule has 32 heavy (non-hydrogen) atoms. The van der Waals surface area contributed by atoms with Crippen LogP contribution in [0.4, 0.5) is 16.3 Å². The number of nitrogens with zero attached hydrogens (tertiary/aromatic N) is 2. The molecule has 1 N–H and O–H groups in total. The topological polar surface area (TPSA) is 125 Å². The van der Waals surface area contributed by atoms with E-state index in [0.29, 0.717) is 17.3 Å². The molecule has 1 heterocycles. The van der Waals surface area contributed by atoms with Crippen LogP contribution in [0.2, 0.25) is 0 Å². The fourth-order valence-corrected chi connectivity index (χ4v) is 2.85. The number of hydrogen-bond acceptors (Lipinski definition) is 9. The van der Waals surface area contributed by atoms with Crippen molar-refractivity contribution in [3.63, 3.8) is 0 Å². The Hall–Kier alpha value is -4.12. The van der Waals surface area contributed by atoms with Crippen LogP contribution in [0.3, 0.4) is 0 Å². The molecule has 0 saturated heterocycles. The van der Waals surface area contributed by atoms with Gasteiger partial charge >= 0.3 is 16.6 Å². The molecule has 1 amide bonds. The minimum absolute atomic E-state index is 0.0260. The summed E-state index contributed by atoms with van der Waals surface area (Å²) in [6.45, 7) is -0.108. The zero-order valence-corrected chi connectivity index (χ0v) is 17.7. The zero-order valence-electron chi connectivity index (χ0n) is 16.9. The first kappa shape index (κ1) is 22.6. The molecule has 0 aliphatic carbocycles. The van der Waals surface area contributed by atoms with Crippen LogP contribution in [0.25, 0.3) is 0 Å². The molecular weight excluding hydrogens is 438 g/mol. The maximum atomic E-state index is 11.8. The molecule has 11 heteroatoms. The molecule has 0 aliphatic rings. The number of anilines is 1. The van der Waals surface area contributed by atoms with Gasteiger partial charge in [0.2, 0.25) is 0 Å². The number of benzene rings is 2. The Morgan fingerprint density at radius 3 is 2.44 bits per heavy atom. The first-order valence-electron chi connectivity index (χ1n) is 9.29. The molecule has 166 valence electrons. The number of nitrogens with one attached hydrogen (secondary N) is 1. The molecule has 3 aromatic rings. The summed E-state index contributed by atoms with van der Waals surface area (Å²) >= 11 is 0. The zero-order chi connectivity index (χ0) is 22.8. The third-order valence-electron chi connectivity index (χ3n) is 3.88. The van der Waals surface area contributed by atoms with Gasteiger partial charge in [0.25, 0.3) is 0 Å². The van der Waals surface area contributed by atoms with Crippen molar-refractivity contribution in [1.29, 1.82) is 0 Å². The fraction of sp³-hybridized carbons (Fsp3) is 0.143. The highest BCUT2D eigenvalue weighted by atomic mass is 32.2. The lowest BCUT2D eigenvalue weighted by atomic mass is 10.2. The average Bonchev–Trinajstić information content (AvgIpc) is 2.79. The number of aromatic nitrogens is 1. The number of pyridine rings is 1. The maximum absolute atomic E-state index is 11.8. The monoisotopic (exact) mass is 457 g/mol. The Morgan fingerprint density at radius 2 is 1.72 bits per heavy atom. The van der Waals surface area contributed by atoms with Crippen LogP contribution in [-0.4, -0.2) is 39.8 Å². The predicted molar refractivity (Wildman–Crippen MR) is 115 cm³/mol. The molecule has 0 atom stereocenters. The molecule has 2 aromatic carbocycles. The number of hydrogen-bond donors (Lipinski definition) is 1. The third-order valence-corrected chi connectivity index (χ3v) is 4.23. The summed E-state index contributed by atoms with van der Waals surface area (Å²) in [6.07, 6.45) is 0.845. The number of para-hydroxylation sites is 3. The van der Waals surface area contributed by atoms with Crippen molar-refractivity contribution in [3.05, 3.63) is 66.9 Å². The Bertz CT molecular complexity index is 1190. The summed E-state index contributed by atoms with van der Waals surface area (Å²) in [5.74, 6) is 1.40. The molecule has 0 bridgehead atoms. The highest BCUT2D eigenvalue weighted by Gasteiger charge is 2.15. The van der Waals surface area contributed by atoms with E-state index in [4.69, 9.17) is 18.9 Å². The van der Waals surface area contributed by atoms with Gasteiger partial charge in [-0.3, -0.25) is 5.32 Å². The molecule has 0 radical (unpaired) electrons. The lowest BCUT2D eigenvalue weighted by Gasteiger charge is -2.15. The average molecular weight is 457 g/mol. The number of carbonyl (C=O) groups excluding carboxylic acids is 1. The Balaban J connectivity index is 1.70. The Kier molecular flexibility index (Phi) is 7.98. The van der Waals surface area contributed by atoms with Gasteiger partial charge in [-0.05, 0) is 36.4 Å². The molecular formula is C21H19N3O7S. The van der Waals surface area contributed by atoms with E-state index in [1.807, 2.05) is 0 Å². The minimum Gasteiger partial charge on any atom is -0.493 e. The summed E-state index contributed by atoms with van der Waals surface area (Å²) in [6, 6.07) is 16.5.